The van der Waals surface area contributed by atoms with Crippen LogP contribution in [0.3, 0.4) is 0 Å². The number of amides is 2. The van der Waals surface area contributed by atoms with Crippen LogP contribution in [0, 0.1) is 34.5 Å². The average Bonchev–Trinajstić information content (AvgIpc) is 3.22. The van der Waals surface area contributed by atoms with Crippen molar-refractivity contribution in [3.63, 3.8) is 0 Å². The van der Waals surface area contributed by atoms with E-state index in [9.17, 15) is 14.4 Å². The van der Waals surface area contributed by atoms with Crippen molar-refractivity contribution in [1.29, 1.82) is 0 Å². The van der Waals surface area contributed by atoms with E-state index < -0.39 is 23.2 Å². The minimum absolute atomic E-state index is 0.0875. The summed E-state index contributed by atoms with van der Waals surface area (Å²) in [6, 6.07) is 0. The molecule has 162 valence electrons. The fourth-order valence-corrected chi connectivity index (χ4v) is 7.59. The van der Waals surface area contributed by atoms with Gasteiger partial charge in [0.2, 0.25) is 11.8 Å². The first-order valence-electron chi connectivity index (χ1n) is 11.3. The van der Waals surface area contributed by atoms with Crippen LogP contribution in [0.1, 0.15) is 57.8 Å². The van der Waals surface area contributed by atoms with Crippen LogP contribution in [0.25, 0.3) is 0 Å². The molecule has 6 aliphatic rings. The Balaban J connectivity index is 1.32. The molecule has 1 aliphatic heterocycles. The largest absolute Gasteiger partial charge is 0.465 e. The van der Waals surface area contributed by atoms with Gasteiger partial charge in [0.25, 0.3) is 0 Å². The molecule has 0 aromatic carbocycles. The quantitative estimate of drug-likeness (QED) is 0.314. The lowest BCUT2D eigenvalue weighted by Crippen LogP contribution is -2.65. The topological polar surface area (TPSA) is 75.7 Å². The highest BCUT2D eigenvalue weighted by molar-refractivity contribution is 7.80. The second-order valence-electron chi connectivity index (χ2n) is 10.5. The molecular weight excluding hydrogens is 400 g/mol. The average molecular weight is 431 g/mol. The SMILES string of the molecule is CN1C(=O)C(CC(=O)OCC23CC4CC(CC(C4)C2)C3)(C2C=CCC2)C(=O)NC1=S. The Morgan fingerprint density at radius 3 is 2.40 bits per heavy atom. The summed E-state index contributed by atoms with van der Waals surface area (Å²) in [6.45, 7) is 0.427. The molecule has 5 aliphatic carbocycles. The first-order valence-corrected chi connectivity index (χ1v) is 11.7. The Bertz CT molecular complexity index is 802. The molecule has 30 heavy (non-hydrogen) atoms. The fourth-order valence-electron chi connectivity index (χ4n) is 7.42. The monoisotopic (exact) mass is 430 g/mol. The fraction of sp³-hybridized carbons (Fsp3) is 0.739. The zero-order chi connectivity index (χ0) is 21.1. The van der Waals surface area contributed by atoms with Gasteiger partial charge in [-0.25, -0.2) is 0 Å². The van der Waals surface area contributed by atoms with E-state index in [0.29, 0.717) is 13.0 Å². The van der Waals surface area contributed by atoms with E-state index in [4.69, 9.17) is 17.0 Å². The lowest BCUT2D eigenvalue weighted by molar-refractivity contribution is -0.167. The van der Waals surface area contributed by atoms with Crippen molar-refractivity contribution in [2.45, 2.75) is 57.8 Å². The van der Waals surface area contributed by atoms with Gasteiger partial charge in [0, 0.05) is 18.4 Å². The van der Waals surface area contributed by atoms with Crippen molar-refractivity contribution in [1.82, 2.24) is 10.2 Å². The molecule has 1 saturated heterocycles. The third-order valence-corrected chi connectivity index (χ3v) is 8.77. The van der Waals surface area contributed by atoms with Crippen molar-refractivity contribution in [3.8, 4) is 0 Å². The van der Waals surface area contributed by atoms with Crippen LogP contribution in [-0.4, -0.2) is 41.5 Å². The molecule has 6 rings (SSSR count). The zero-order valence-corrected chi connectivity index (χ0v) is 18.3. The number of esters is 1. The number of carbonyl (C=O) groups excluding carboxylic acids is 3. The van der Waals surface area contributed by atoms with Gasteiger partial charge < -0.3 is 10.1 Å². The molecule has 1 heterocycles. The molecule has 0 aromatic rings. The molecule has 6 nitrogen and oxygen atoms in total. The predicted molar refractivity (Wildman–Crippen MR) is 114 cm³/mol. The minimum Gasteiger partial charge on any atom is -0.465 e. The highest BCUT2D eigenvalue weighted by atomic mass is 32.1. The van der Waals surface area contributed by atoms with Crippen molar-refractivity contribution in [3.05, 3.63) is 12.2 Å². The first kappa shape index (κ1) is 20.2. The van der Waals surface area contributed by atoms with Crippen LogP contribution in [0.2, 0.25) is 0 Å². The van der Waals surface area contributed by atoms with Gasteiger partial charge in [-0.15, -0.1) is 0 Å². The Labute approximate surface area is 182 Å². The summed E-state index contributed by atoms with van der Waals surface area (Å²) in [5.74, 6) is 0.706. The van der Waals surface area contributed by atoms with Gasteiger partial charge in [-0.1, -0.05) is 12.2 Å². The smallest absolute Gasteiger partial charge is 0.307 e. The van der Waals surface area contributed by atoms with Crippen LogP contribution < -0.4 is 5.32 Å². The van der Waals surface area contributed by atoms with Crippen molar-refractivity contribution >= 4 is 35.1 Å². The van der Waals surface area contributed by atoms with Gasteiger partial charge in [-0.2, -0.15) is 0 Å². The molecule has 0 spiro atoms. The van der Waals surface area contributed by atoms with Gasteiger partial charge in [0.1, 0.15) is 5.41 Å². The third kappa shape index (κ3) is 3.12. The molecular formula is C23H30N2O4S. The molecule has 1 N–H and O–H groups in total. The van der Waals surface area contributed by atoms with E-state index in [-0.39, 0.29) is 22.9 Å². The Hall–Kier alpha value is -1.76. The van der Waals surface area contributed by atoms with Crippen molar-refractivity contribution < 1.29 is 19.1 Å². The summed E-state index contributed by atoms with van der Waals surface area (Å²) in [5.41, 5.74) is -1.36. The maximum atomic E-state index is 13.3. The highest BCUT2D eigenvalue weighted by Gasteiger charge is 2.58. The maximum absolute atomic E-state index is 13.3. The highest BCUT2D eigenvalue weighted by Crippen LogP contribution is 2.60. The summed E-state index contributed by atoms with van der Waals surface area (Å²) in [4.78, 5) is 40.6. The van der Waals surface area contributed by atoms with Crippen LogP contribution in [-0.2, 0) is 19.1 Å². The van der Waals surface area contributed by atoms with Crippen LogP contribution >= 0.6 is 12.2 Å². The van der Waals surface area contributed by atoms with E-state index >= 15 is 0 Å². The van der Waals surface area contributed by atoms with Crippen molar-refractivity contribution in [2.75, 3.05) is 13.7 Å². The summed E-state index contributed by atoms with van der Waals surface area (Å²) >= 11 is 5.11. The van der Waals surface area contributed by atoms with Gasteiger partial charge in [0.15, 0.2) is 5.11 Å². The minimum atomic E-state index is -1.47. The van der Waals surface area contributed by atoms with E-state index in [1.165, 1.54) is 24.2 Å². The molecule has 2 amide bonds. The van der Waals surface area contributed by atoms with E-state index in [2.05, 4.69) is 5.32 Å². The summed E-state index contributed by atoms with van der Waals surface area (Å²) < 4.78 is 5.83. The summed E-state index contributed by atoms with van der Waals surface area (Å²) in [6.07, 6.45) is 12.6. The predicted octanol–water partition coefficient (Wildman–Crippen LogP) is 2.96. The number of hydrogen-bond donors (Lipinski definition) is 1. The lowest BCUT2D eigenvalue weighted by Gasteiger charge is -2.56. The second kappa shape index (κ2) is 7.14. The summed E-state index contributed by atoms with van der Waals surface area (Å²) in [5, 5.41) is 2.73. The standard InChI is InChI=1S/C23H30N2O4S/c1-25-20(28)23(17-4-2-3-5-17,19(27)24-21(25)30)12-18(26)29-13-22-9-14-6-15(10-22)8-16(7-14)11-22/h2,4,14-17H,3,5-13H2,1H3,(H,24,27,30). The number of ether oxygens (including phenoxy) is 1. The maximum Gasteiger partial charge on any atom is 0.307 e. The molecule has 2 unspecified atom stereocenters. The van der Waals surface area contributed by atoms with E-state index in [0.717, 1.165) is 43.4 Å². The van der Waals surface area contributed by atoms with Gasteiger partial charge in [-0.3, -0.25) is 19.3 Å². The van der Waals surface area contributed by atoms with Crippen LogP contribution in [0.15, 0.2) is 12.2 Å². The van der Waals surface area contributed by atoms with Gasteiger partial charge in [-0.05, 0) is 81.3 Å². The van der Waals surface area contributed by atoms with Gasteiger partial charge >= 0.3 is 5.97 Å². The molecule has 5 fully saturated rings. The molecule has 4 saturated carbocycles. The number of nitrogens with one attached hydrogen (secondary N) is 1. The molecule has 2 atom stereocenters. The molecule has 7 heteroatoms. The Kier molecular flexibility index (Phi) is 4.80. The second-order valence-corrected chi connectivity index (χ2v) is 10.8. The number of allylic oxidation sites excluding steroid dienone is 2. The molecule has 0 aromatic heterocycles. The van der Waals surface area contributed by atoms with Gasteiger partial charge in [0.05, 0.1) is 13.0 Å². The number of nitrogens with zero attached hydrogens (tertiary/aromatic N) is 1. The van der Waals surface area contributed by atoms with E-state index in [1.54, 1.807) is 7.05 Å². The normalized spacial score (nSPS) is 42.0. The number of carbonyl (C=O) groups is 3. The molecule has 0 radical (unpaired) electrons. The van der Waals surface area contributed by atoms with Crippen LogP contribution in [0.5, 0.6) is 0 Å². The van der Waals surface area contributed by atoms with Crippen LogP contribution in [0.4, 0.5) is 0 Å². The Morgan fingerprint density at radius 2 is 1.83 bits per heavy atom. The number of rotatable bonds is 5. The first-order chi connectivity index (χ1) is 14.3. The van der Waals surface area contributed by atoms with E-state index in [1.807, 2.05) is 12.2 Å². The zero-order valence-electron chi connectivity index (χ0n) is 17.5. The molecule has 4 bridgehead atoms. The van der Waals surface area contributed by atoms with Crippen molar-refractivity contribution in [2.24, 2.45) is 34.5 Å². The Morgan fingerprint density at radius 1 is 1.20 bits per heavy atom. The summed E-state index contributed by atoms with van der Waals surface area (Å²) in [7, 11) is 1.55. The lowest BCUT2D eigenvalue weighted by atomic mass is 9.50. The number of thiocarbonyl (C=S) groups is 1. The number of hydrogen-bond acceptors (Lipinski definition) is 5. The third-order valence-electron chi connectivity index (χ3n) is 8.39.